The van der Waals surface area contributed by atoms with E-state index in [0.717, 1.165) is 5.56 Å². The zero-order valence-electron chi connectivity index (χ0n) is 15.3. The molecule has 0 heterocycles. The number of rotatable bonds is 7. The van der Waals surface area contributed by atoms with Crippen molar-refractivity contribution in [2.75, 3.05) is 13.2 Å². The van der Waals surface area contributed by atoms with Crippen LogP contribution in [-0.4, -0.2) is 24.9 Å². The van der Waals surface area contributed by atoms with Gasteiger partial charge < -0.3 is 19.1 Å². The van der Waals surface area contributed by atoms with Gasteiger partial charge in [-0.15, -0.1) is 0 Å². The topological polar surface area (TPSA) is 73.9 Å². The van der Waals surface area contributed by atoms with E-state index in [-0.39, 0.29) is 13.2 Å². The Bertz CT molecular complexity index is 587. The van der Waals surface area contributed by atoms with Crippen molar-refractivity contribution in [3.63, 3.8) is 0 Å². The number of hydrogen-bond acceptors (Lipinski definition) is 5. The molecule has 0 aliphatic heterocycles. The largest absolute Gasteiger partial charge is 0.444 e. The molecule has 0 saturated heterocycles. The first-order valence-electron chi connectivity index (χ1n) is 8.06. The lowest BCUT2D eigenvalue weighted by atomic mass is 10.1. The molecule has 0 aliphatic carbocycles. The van der Waals surface area contributed by atoms with Crippen LogP contribution in [0.1, 0.15) is 51.5 Å². The smallest absolute Gasteiger partial charge is 0.408 e. The number of carbonyl (C=O) groups excluding carboxylic acids is 1. The van der Waals surface area contributed by atoms with Crippen molar-refractivity contribution in [2.24, 2.45) is 0 Å². The molecule has 0 saturated carbocycles. The van der Waals surface area contributed by atoms with E-state index in [0.29, 0.717) is 5.56 Å². The number of benzene rings is 1. The Morgan fingerprint density at radius 3 is 2.25 bits per heavy atom. The van der Waals surface area contributed by atoms with Gasteiger partial charge in [0.15, 0.2) is 5.78 Å². The molecular formula is C17H28NO5P. The van der Waals surface area contributed by atoms with Crippen molar-refractivity contribution in [3.8, 4) is 0 Å². The molecule has 0 spiro atoms. The Morgan fingerprint density at radius 2 is 1.79 bits per heavy atom. The van der Waals surface area contributed by atoms with E-state index in [2.05, 4.69) is 5.32 Å². The van der Waals surface area contributed by atoms with Crippen LogP contribution in [0.4, 0.5) is 4.79 Å². The van der Waals surface area contributed by atoms with Gasteiger partial charge in [-0.2, -0.15) is 0 Å². The van der Waals surface area contributed by atoms with Gasteiger partial charge in [0.25, 0.3) is 0 Å². The van der Waals surface area contributed by atoms with Gasteiger partial charge in [-0.25, -0.2) is 4.79 Å². The lowest BCUT2D eigenvalue weighted by Crippen LogP contribution is -2.35. The van der Waals surface area contributed by atoms with E-state index in [4.69, 9.17) is 13.8 Å². The molecule has 0 fully saturated rings. The monoisotopic (exact) mass is 357 g/mol. The summed E-state index contributed by atoms with van der Waals surface area (Å²) in [6, 6.07) is 7.36. The summed E-state index contributed by atoms with van der Waals surface area (Å²) in [6.45, 7) is 11.1. The fourth-order valence-corrected chi connectivity index (χ4v) is 4.03. The fourth-order valence-electron chi connectivity index (χ4n) is 2.15. The molecule has 0 unspecified atom stereocenters. The molecule has 1 atom stereocenters. The van der Waals surface area contributed by atoms with Crippen LogP contribution in [0.3, 0.4) is 0 Å². The summed E-state index contributed by atoms with van der Waals surface area (Å²) < 4.78 is 29.3. The predicted octanol–water partition coefficient (Wildman–Crippen LogP) is 4.78. The van der Waals surface area contributed by atoms with Crippen LogP contribution in [0.5, 0.6) is 0 Å². The zero-order valence-corrected chi connectivity index (χ0v) is 16.2. The molecule has 7 heteroatoms. The van der Waals surface area contributed by atoms with Gasteiger partial charge in [0.1, 0.15) is 5.60 Å². The van der Waals surface area contributed by atoms with E-state index in [9.17, 15) is 9.36 Å². The first-order chi connectivity index (χ1) is 11.1. The normalized spacial score (nSPS) is 13.4. The van der Waals surface area contributed by atoms with Gasteiger partial charge in [0, 0.05) is 0 Å². The Hall–Kier alpha value is -1.36. The second kappa shape index (κ2) is 8.65. The molecule has 1 rings (SSSR count). The minimum atomic E-state index is -3.60. The number of hydrogen-bond donors (Lipinski definition) is 1. The third-order valence-electron chi connectivity index (χ3n) is 2.95. The molecule has 24 heavy (non-hydrogen) atoms. The van der Waals surface area contributed by atoms with Gasteiger partial charge in [0.05, 0.1) is 13.2 Å². The third kappa shape index (κ3) is 6.27. The summed E-state index contributed by atoms with van der Waals surface area (Å²) in [4.78, 5) is 12.2. The van der Waals surface area contributed by atoms with Gasteiger partial charge in [0.2, 0.25) is 0 Å². The third-order valence-corrected chi connectivity index (χ3v) is 5.24. The summed E-state index contributed by atoms with van der Waals surface area (Å²) in [6.07, 6.45) is -0.673. The molecule has 1 amide bonds. The molecule has 1 N–H and O–H groups in total. The van der Waals surface area contributed by atoms with Crippen molar-refractivity contribution < 1.29 is 23.1 Å². The van der Waals surface area contributed by atoms with Crippen molar-refractivity contribution in [3.05, 3.63) is 35.4 Å². The highest BCUT2D eigenvalue weighted by molar-refractivity contribution is 7.54. The van der Waals surface area contributed by atoms with Crippen LogP contribution in [0.25, 0.3) is 0 Å². The van der Waals surface area contributed by atoms with E-state index < -0.39 is 25.1 Å². The molecule has 1 aromatic carbocycles. The minimum absolute atomic E-state index is 0.204. The highest BCUT2D eigenvalue weighted by Crippen LogP contribution is 2.59. The van der Waals surface area contributed by atoms with E-state index in [1.807, 2.05) is 25.1 Å². The highest BCUT2D eigenvalue weighted by atomic mass is 31.2. The quantitative estimate of drug-likeness (QED) is 0.711. The second-order valence-electron chi connectivity index (χ2n) is 6.34. The predicted molar refractivity (Wildman–Crippen MR) is 94.1 cm³/mol. The van der Waals surface area contributed by atoms with Gasteiger partial charge in [-0.1, -0.05) is 29.8 Å². The summed E-state index contributed by atoms with van der Waals surface area (Å²) in [5, 5.41) is 2.65. The summed E-state index contributed by atoms with van der Waals surface area (Å²) in [7, 11) is -3.60. The van der Waals surface area contributed by atoms with Crippen LogP contribution in [0.15, 0.2) is 24.3 Å². The van der Waals surface area contributed by atoms with Crippen LogP contribution in [0.2, 0.25) is 0 Å². The molecular weight excluding hydrogens is 329 g/mol. The maximum absolute atomic E-state index is 13.2. The SMILES string of the molecule is CCOP(=O)(OCC)[C@H](NC(=O)OC(C)(C)C)c1cccc(C)c1. The second-order valence-corrected chi connectivity index (χ2v) is 8.45. The Labute approximate surface area is 144 Å². The fraction of sp³-hybridized carbons (Fsp3) is 0.588. The molecule has 1 aromatic rings. The van der Waals surface area contributed by atoms with Crippen molar-refractivity contribution >= 4 is 13.7 Å². The molecule has 0 bridgehead atoms. The standard InChI is InChI=1S/C17H28NO5P/c1-7-21-24(20,22-8-2)15(14-11-9-10-13(3)12-14)18-16(19)23-17(4,5)6/h9-12,15H,7-8H2,1-6H3,(H,18,19)/t15-/m0/s1. The average molecular weight is 357 g/mol. The summed E-state index contributed by atoms with van der Waals surface area (Å²) >= 11 is 0. The van der Waals surface area contributed by atoms with E-state index in [1.165, 1.54) is 0 Å². The maximum Gasteiger partial charge on any atom is 0.408 e. The molecule has 136 valence electrons. The molecule has 0 aromatic heterocycles. The number of alkyl carbamates (subject to hydrolysis) is 1. The molecule has 6 nitrogen and oxygen atoms in total. The number of nitrogens with one attached hydrogen (secondary N) is 1. The maximum atomic E-state index is 13.2. The van der Waals surface area contributed by atoms with Crippen LogP contribution < -0.4 is 5.32 Å². The Kier molecular flexibility index (Phi) is 7.46. The average Bonchev–Trinajstić information content (AvgIpc) is 2.43. The molecule has 0 aliphatic rings. The van der Waals surface area contributed by atoms with Crippen molar-refractivity contribution in [1.29, 1.82) is 0 Å². The van der Waals surface area contributed by atoms with Crippen LogP contribution >= 0.6 is 7.60 Å². The zero-order chi connectivity index (χ0) is 18.4. The van der Waals surface area contributed by atoms with E-state index >= 15 is 0 Å². The highest BCUT2D eigenvalue weighted by Gasteiger charge is 2.39. The summed E-state index contributed by atoms with van der Waals surface area (Å²) in [5.41, 5.74) is 0.955. The number of aryl methyl sites for hydroxylation is 1. The Balaban J connectivity index is 3.20. The number of amides is 1. The van der Waals surface area contributed by atoms with Crippen LogP contribution in [-0.2, 0) is 18.3 Å². The lowest BCUT2D eigenvalue weighted by molar-refractivity contribution is 0.0508. The van der Waals surface area contributed by atoms with Crippen molar-refractivity contribution in [1.82, 2.24) is 5.32 Å². The minimum Gasteiger partial charge on any atom is -0.444 e. The lowest BCUT2D eigenvalue weighted by Gasteiger charge is -2.29. The Morgan fingerprint density at radius 1 is 1.21 bits per heavy atom. The van der Waals surface area contributed by atoms with E-state index in [1.54, 1.807) is 40.7 Å². The first kappa shape index (κ1) is 20.7. The molecule has 0 radical (unpaired) electrons. The van der Waals surface area contributed by atoms with Crippen molar-refractivity contribution in [2.45, 2.75) is 52.9 Å². The van der Waals surface area contributed by atoms with Gasteiger partial charge in [-0.05, 0) is 47.1 Å². The van der Waals surface area contributed by atoms with Gasteiger partial charge in [-0.3, -0.25) is 4.57 Å². The van der Waals surface area contributed by atoms with Gasteiger partial charge >= 0.3 is 13.7 Å². The summed E-state index contributed by atoms with van der Waals surface area (Å²) in [5.74, 6) is -0.938. The number of carbonyl (C=O) groups is 1. The first-order valence-corrected chi connectivity index (χ1v) is 9.67. The number of ether oxygens (including phenoxy) is 1. The van der Waals surface area contributed by atoms with Crippen LogP contribution in [0, 0.1) is 6.92 Å².